The van der Waals surface area contributed by atoms with E-state index in [1.165, 1.54) is 11.3 Å². The third kappa shape index (κ3) is 4.96. The first kappa shape index (κ1) is 20.5. The molecule has 0 saturated carbocycles. The normalized spacial score (nSPS) is 15.7. The molecule has 9 heteroatoms. The monoisotopic (exact) mass is 421 g/mol. The van der Waals surface area contributed by atoms with Crippen LogP contribution in [0.15, 0.2) is 41.9 Å². The summed E-state index contributed by atoms with van der Waals surface area (Å²) >= 11 is 1.31. The standard InChI is InChI=1S/C19H23N3O4S2/c1-2-10-22-15-8-4-5-9-16(15)27-19(22)20-17(23)13-28(25,26)14-18(24)21-11-6-3-7-12-21/h2,4-5,8-9H,1,3,6-7,10-14H2. The zero-order valence-electron chi connectivity index (χ0n) is 15.5. The van der Waals surface area contributed by atoms with E-state index in [4.69, 9.17) is 0 Å². The predicted octanol–water partition coefficient (Wildman–Crippen LogP) is 1.74. The van der Waals surface area contributed by atoms with Gasteiger partial charge < -0.3 is 9.47 Å². The van der Waals surface area contributed by atoms with Crippen molar-refractivity contribution in [1.82, 2.24) is 9.47 Å². The van der Waals surface area contributed by atoms with Gasteiger partial charge in [0.1, 0.15) is 11.5 Å². The first-order chi connectivity index (χ1) is 13.4. The molecule has 3 rings (SSSR count). The lowest BCUT2D eigenvalue weighted by molar-refractivity contribution is -0.129. The van der Waals surface area contributed by atoms with E-state index in [2.05, 4.69) is 11.6 Å². The van der Waals surface area contributed by atoms with Crippen LogP contribution < -0.4 is 4.80 Å². The Hall–Kier alpha value is -2.26. The van der Waals surface area contributed by atoms with E-state index < -0.39 is 33.2 Å². The van der Waals surface area contributed by atoms with Crippen molar-refractivity contribution in [3.63, 3.8) is 0 Å². The number of piperidine rings is 1. The predicted molar refractivity (Wildman–Crippen MR) is 110 cm³/mol. The number of para-hydroxylation sites is 1. The average molecular weight is 422 g/mol. The topological polar surface area (TPSA) is 88.8 Å². The summed E-state index contributed by atoms with van der Waals surface area (Å²) in [4.78, 5) is 30.5. The number of hydrogen-bond donors (Lipinski definition) is 0. The van der Waals surface area contributed by atoms with Crippen LogP contribution in [0.1, 0.15) is 19.3 Å². The zero-order chi connectivity index (χ0) is 20.1. The van der Waals surface area contributed by atoms with Gasteiger partial charge in [-0.2, -0.15) is 4.99 Å². The second kappa shape index (κ2) is 8.83. The number of benzene rings is 1. The van der Waals surface area contributed by atoms with E-state index in [0.717, 1.165) is 29.5 Å². The maximum absolute atomic E-state index is 12.3. The molecular formula is C19H23N3O4S2. The Kier molecular flexibility index (Phi) is 6.46. The largest absolute Gasteiger partial charge is 0.342 e. The van der Waals surface area contributed by atoms with E-state index in [1.54, 1.807) is 11.0 Å². The Labute approximate surface area is 167 Å². The quantitative estimate of drug-likeness (QED) is 0.665. The molecule has 0 atom stereocenters. The number of carbonyl (C=O) groups is 2. The molecular weight excluding hydrogens is 398 g/mol. The molecule has 0 radical (unpaired) electrons. The van der Waals surface area contributed by atoms with Gasteiger partial charge in [0.2, 0.25) is 5.91 Å². The highest BCUT2D eigenvalue weighted by atomic mass is 32.2. The van der Waals surface area contributed by atoms with Gasteiger partial charge in [-0.25, -0.2) is 8.42 Å². The lowest BCUT2D eigenvalue weighted by Crippen LogP contribution is -2.40. The Bertz CT molecular complexity index is 1060. The minimum Gasteiger partial charge on any atom is -0.342 e. The number of allylic oxidation sites excluding steroid dienone is 1. The van der Waals surface area contributed by atoms with Crippen molar-refractivity contribution in [1.29, 1.82) is 0 Å². The van der Waals surface area contributed by atoms with Crippen LogP contribution >= 0.6 is 11.3 Å². The molecule has 2 aromatic rings. The molecule has 1 aliphatic rings. The second-order valence-electron chi connectivity index (χ2n) is 6.73. The van der Waals surface area contributed by atoms with Gasteiger partial charge in [-0.15, -0.1) is 6.58 Å². The summed E-state index contributed by atoms with van der Waals surface area (Å²) in [5.41, 5.74) is 0.905. The molecule has 1 aromatic carbocycles. The van der Waals surface area contributed by atoms with E-state index in [9.17, 15) is 18.0 Å². The summed E-state index contributed by atoms with van der Waals surface area (Å²) in [6.45, 7) is 5.33. The second-order valence-corrected chi connectivity index (χ2v) is 9.80. The summed E-state index contributed by atoms with van der Waals surface area (Å²) in [6.07, 6.45) is 4.51. The van der Waals surface area contributed by atoms with Crippen LogP contribution in [0, 0.1) is 0 Å². The van der Waals surface area contributed by atoms with Crippen molar-refractivity contribution in [3.8, 4) is 0 Å². The van der Waals surface area contributed by atoms with Crippen molar-refractivity contribution < 1.29 is 18.0 Å². The van der Waals surface area contributed by atoms with Crippen molar-refractivity contribution >= 4 is 43.2 Å². The van der Waals surface area contributed by atoms with Gasteiger partial charge in [-0.05, 0) is 31.4 Å². The van der Waals surface area contributed by atoms with E-state index in [-0.39, 0.29) is 0 Å². The highest BCUT2D eigenvalue weighted by Crippen LogP contribution is 2.16. The van der Waals surface area contributed by atoms with Crippen molar-refractivity contribution in [2.24, 2.45) is 4.99 Å². The third-order valence-electron chi connectivity index (χ3n) is 4.52. The van der Waals surface area contributed by atoms with Crippen LogP contribution in [0.4, 0.5) is 0 Å². The fraction of sp³-hybridized carbons (Fsp3) is 0.421. The van der Waals surface area contributed by atoms with Gasteiger partial charge in [-0.3, -0.25) is 9.59 Å². The summed E-state index contributed by atoms with van der Waals surface area (Å²) in [6, 6.07) is 7.60. The Morgan fingerprint density at radius 3 is 2.57 bits per heavy atom. The zero-order valence-corrected chi connectivity index (χ0v) is 17.2. The highest BCUT2D eigenvalue weighted by Gasteiger charge is 2.25. The van der Waals surface area contributed by atoms with Gasteiger partial charge in [0.25, 0.3) is 5.91 Å². The Morgan fingerprint density at radius 1 is 1.14 bits per heavy atom. The molecule has 0 aliphatic carbocycles. The smallest absolute Gasteiger partial charge is 0.263 e. The number of aromatic nitrogens is 1. The highest BCUT2D eigenvalue weighted by molar-refractivity contribution is 7.92. The number of amides is 2. The number of nitrogens with zero attached hydrogens (tertiary/aromatic N) is 3. The van der Waals surface area contributed by atoms with Crippen molar-refractivity contribution in [3.05, 3.63) is 41.7 Å². The molecule has 7 nitrogen and oxygen atoms in total. The molecule has 1 aliphatic heterocycles. The number of sulfone groups is 1. The SMILES string of the molecule is C=CCn1c(=NC(=O)CS(=O)(=O)CC(=O)N2CCCCC2)sc2ccccc21. The first-order valence-electron chi connectivity index (χ1n) is 9.14. The molecule has 0 spiro atoms. The Balaban J connectivity index is 1.77. The van der Waals surface area contributed by atoms with E-state index in [1.807, 2.05) is 28.8 Å². The number of fused-ring (bicyclic) bond motifs is 1. The van der Waals surface area contributed by atoms with Crippen LogP contribution in [-0.2, 0) is 26.0 Å². The number of hydrogen-bond acceptors (Lipinski definition) is 5. The molecule has 1 saturated heterocycles. The van der Waals surface area contributed by atoms with Crippen LogP contribution in [0.5, 0.6) is 0 Å². The molecule has 1 aromatic heterocycles. The van der Waals surface area contributed by atoms with E-state index >= 15 is 0 Å². The Morgan fingerprint density at radius 2 is 1.86 bits per heavy atom. The summed E-state index contributed by atoms with van der Waals surface area (Å²) in [5, 5.41) is 0. The van der Waals surface area contributed by atoms with Gasteiger partial charge >= 0.3 is 0 Å². The van der Waals surface area contributed by atoms with Crippen LogP contribution in [-0.4, -0.2) is 54.3 Å². The minimum atomic E-state index is -3.86. The molecule has 150 valence electrons. The lowest BCUT2D eigenvalue weighted by Gasteiger charge is -2.26. The lowest BCUT2D eigenvalue weighted by atomic mass is 10.1. The van der Waals surface area contributed by atoms with E-state index in [0.29, 0.717) is 24.4 Å². The maximum Gasteiger partial charge on any atom is 0.263 e. The number of likely N-dealkylation sites (tertiary alicyclic amines) is 1. The average Bonchev–Trinajstić information content (AvgIpc) is 2.99. The van der Waals surface area contributed by atoms with Crippen LogP contribution in [0.3, 0.4) is 0 Å². The summed E-state index contributed by atoms with van der Waals surface area (Å²) in [7, 11) is -3.86. The van der Waals surface area contributed by atoms with Crippen molar-refractivity contribution in [2.45, 2.75) is 25.8 Å². The fourth-order valence-electron chi connectivity index (χ4n) is 3.21. The van der Waals surface area contributed by atoms with Gasteiger partial charge in [0.15, 0.2) is 14.6 Å². The van der Waals surface area contributed by atoms with Crippen LogP contribution in [0.25, 0.3) is 10.2 Å². The molecule has 0 N–H and O–H groups in total. The van der Waals surface area contributed by atoms with Gasteiger partial charge in [0.05, 0.1) is 10.2 Å². The first-order valence-corrected chi connectivity index (χ1v) is 11.8. The third-order valence-corrected chi connectivity index (χ3v) is 6.95. The number of thiazole rings is 1. The molecule has 2 amide bonds. The van der Waals surface area contributed by atoms with Crippen LogP contribution in [0.2, 0.25) is 0 Å². The fourth-order valence-corrected chi connectivity index (χ4v) is 5.37. The minimum absolute atomic E-state index is 0.420. The number of rotatable bonds is 6. The molecule has 1 fully saturated rings. The maximum atomic E-state index is 12.3. The molecule has 2 heterocycles. The number of carbonyl (C=O) groups excluding carboxylic acids is 2. The molecule has 28 heavy (non-hydrogen) atoms. The van der Waals surface area contributed by atoms with Gasteiger partial charge in [0, 0.05) is 19.6 Å². The summed E-state index contributed by atoms with van der Waals surface area (Å²) in [5.74, 6) is -2.62. The molecule has 0 unspecified atom stereocenters. The molecule has 0 bridgehead atoms. The van der Waals surface area contributed by atoms with Gasteiger partial charge in [-0.1, -0.05) is 29.5 Å². The van der Waals surface area contributed by atoms with Crippen molar-refractivity contribution in [2.75, 3.05) is 24.6 Å². The summed E-state index contributed by atoms with van der Waals surface area (Å²) < 4.78 is 27.4.